The number of halogens is 1. The van der Waals surface area contributed by atoms with Crippen LogP contribution in [0, 0.1) is 10.1 Å². The lowest BCUT2D eigenvalue weighted by Gasteiger charge is -2.06. The van der Waals surface area contributed by atoms with Crippen LogP contribution in [0.4, 0.5) is 5.69 Å². The summed E-state index contributed by atoms with van der Waals surface area (Å²) >= 11 is 6.07. The predicted octanol–water partition coefficient (Wildman–Crippen LogP) is 3.53. The molecule has 0 spiro atoms. The van der Waals surface area contributed by atoms with E-state index in [9.17, 15) is 19.7 Å². The number of aliphatic imine (C=N–C) groups is 1. The molecule has 2 aromatic rings. The Balaban J connectivity index is 1.83. The van der Waals surface area contributed by atoms with Crippen LogP contribution in [0.5, 0.6) is 5.75 Å². The van der Waals surface area contributed by atoms with Crippen molar-refractivity contribution in [3.8, 4) is 5.75 Å². The fourth-order valence-corrected chi connectivity index (χ4v) is 2.71. The number of esters is 2. The summed E-state index contributed by atoms with van der Waals surface area (Å²) in [6.07, 6.45) is 1.46. The summed E-state index contributed by atoms with van der Waals surface area (Å²) < 4.78 is 15.3. The van der Waals surface area contributed by atoms with Crippen LogP contribution in [0.25, 0.3) is 6.08 Å². The van der Waals surface area contributed by atoms with Gasteiger partial charge in [0.25, 0.3) is 5.69 Å². The Bertz CT molecular complexity index is 1080. The number of nitro benzene ring substituents is 1. The van der Waals surface area contributed by atoms with Crippen LogP contribution in [0.2, 0.25) is 5.02 Å². The average molecular weight is 431 g/mol. The Morgan fingerprint density at radius 2 is 2.10 bits per heavy atom. The van der Waals surface area contributed by atoms with Crippen molar-refractivity contribution in [1.82, 2.24) is 0 Å². The first kappa shape index (κ1) is 21.0. The Hall–Kier alpha value is -3.72. The zero-order valence-electron chi connectivity index (χ0n) is 15.7. The average Bonchev–Trinajstić information content (AvgIpc) is 3.07. The van der Waals surface area contributed by atoms with Gasteiger partial charge in [0.05, 0.1) is 22.1 Å². The molecule has 0 saturated heterocycles. The molecule has 10 heteroatoms. The third-order valence-electron chi connectivity index (χ3n) is 3.84. The van der Waals surface area contributed by atoms with Crippen molar-refractivity contribution in [2.24, 2.45) is 4.99 Å². The summed E-state index contributed by atoms with van der Waals surface area (Å²) in [7, 11) is 0. The van der Waals surface area contributed by atoms with Crippen LogP contribution in [-0.2, 0) is 19.1 Å². The minimum atomic E-state index is -0.731. The Morgan fingerprint density at radius 1 is 1.30 bits per heavy atom. The van der Waals surface area contributed by atoms with Gasteiger partial charge in [-0.2, -0.15) is 0 Å². The standard InChI is InChI=1S/C20H15ClN2O7/c1-2-28-18(24)11-29-14-5-3-4-12(8-14)9-17-20(25)30-19(22-17)15-10-13(23(26)27)6-7-16(15)21/h3-10H,2,11H2,1H3/b17-9-. The summed E-state index contributed by atoms with van der Waals surface area (Å²) in [6, 6.07) is 10.4. The van der Waals surface area contributed by atoms with Gasteiger partial charge in [0, 0.05) is 12.1 Å². The normalized spacial score (nSPS) is 14.3. The lowest BCUT2D eigenvalue weighted by molar-refractivity contribution is -0.384. The number of non-ortho nitro benzene ring substituents is 1. The van der Waals surface area contributed by atoms with Crippen molar-refractivity contribution < 1.29 is 28.7 Å². The van der Waals surface area contributed by atoms with E-state index >= 15 is 0 Å². The van der Waals surface area contributed by atoms with Gasteiger partial charge in [0.1, 0.15) is 5.75 Å². The van der Waals surface area contributed by atoms with Crippen LogP contribution in [0.1, 0.15) is 18.1 Å². The van der Waals surface area contributed by atoms with Crippen molar-refractivity contribution in [3.63, 3.8) is 0 Å². The molecule has 0 aliphatic carbocycles. The molecule has 154 valence electrons. The largest absolute Gasteiger partial charge is 0.482 e. The zero-order chi connectivity index (χ0) is 21.7. The molecule has 1 aliphatic rings. The first-order valence-corrected chi connectivity index (χ1v) is 9.10. The molecule has 0 aromatic heterocycles. The summed E-state index contributed by atoms with van der Waals surface area (Å²) in [5.41, 5.74) is 0.472. The number of carbonyl (C=O) groups is 2. The smallest absolute Gasteiger partial charge is 0.363 e. The minimum absolute atomic E-state index is 0.0184. The number of hydrogen-bond acceptors (Lipinski definition) is 8. The van der Waals surface area contributed by atoms with E-state index in [1.807, 2.05) is 0 Å². The molecule has 1 aliphatic heterocycles. The molecule has 0 bridgehead atoms. The third-order valence-corrected chi connectivity index (χ3v) is 4.16. The molecule has 2 aromatic carbocycles. The highest BCUT2D eigenvalue weighted by Gasteiger charge is 2.27. The number of benzene rings is 2. The van der Waals surface area contributed by atoms with E-state index in [-0.39, 0.29) is 41.1 Å². The SMILES string of the molecule is CCOC(=O)COc1cccc(/C=C2\N=C(c3cc([N+](=O)[O-])ccc3Cl)OC2=O)c1. The maximum absolute atomic E-state index is 12.2. The lowest BCUT2D eigenvalue weighted by atomic mass is 10.2. The molecule has 30 heavy (non-hydrogen) atoms. The molecule has 0 N–H and O–H groups in total. The Labute approximate surface area is 175 Å². The van der Waals surface area contributed by atoms with Gasteiger partial charge in [-0.05, 0) is 36.8 Å². The molecule has 0 atom stereocenters. The van der Waals surface area contributed by atoms with Gasteiger partial charge in [-0.15, -0.1) is 0 Å². The van der Waals surface area contributed by atoms with E-state index in [0.717, 1.165) is 0 Å². The zero-order valence-corrected chi connectivity index (χ0v) is 16.4. The maximum atomic E-state index is 12.2. The van der Waals surface area contributed by atoms with E-state index in [1.165, 1.54) is 24.3 Å². The second kappa shape index (κ2) is 9.19. The van der Waals surface area contributed by atoms with Gasteiger partial charge in [-0.1, -0.05) is 23.7 Å². The fourth-order valence-electron chi connectivity index (χ4n) is 2.51. The predicted molar refractivity (Wildman–Crippen MR) is 107 cm³/mol. The minimum Gasteiger partial charge on any atom is -0.482 e. The van der Waals surface area contributed by atoms with Crippen molar-refractivity contribution >= 4 is 41.2 Å². The van der Waals surface area contributed by atoms with Crippen LogP contribution in [0.15, 0.2) is 53.2 Å². The molecule has 1 heterocycles. The Morgan fingerprint density at radius 3 is 2.83 bits per heavy atom. The summed E-state index contributed by atoms with van der Waals surface area (Å²) in [5, 5.41) is 11.1. The Kier molecular flexibility index (Phi) is 6.43. The molecule has 0 amide bonds. The van der Waals surface area contributed by atoms with Crippen LogP contribution in [0.3, 0.4) is 0 Å². The molecule has 0 unspecified atom stereocenters. The van der Waals surface area contributed by atoms with E-state index < -0.39 is 16.9 Å². The van der Waals surface area contributed by atoms with Gasteiger partial charge in [0.15, 0.2) is 12.3 Å². The highest BCUT2D eigenvalue weighted by molar-refractivity contribution is 6.34. The number of nitro groups is 1. The van der Waals surface area contributed by atoms with Crippen LogP contribution < -0.4 is 4.74 Å². The fraction of sp³-hybridized carbons (Fsp3) is 0.150. The van der Waals surface area contributed by atoms with E-state index in [0.29, 0.717) is 11.3 Å². The number of cyclic esters (lactones) is 1. The van der Waals surface area contributed by atoms with Crippen molar-refractivity contribution in [3.05, 3.63) is 74.4 Å². The van der Waals surface area contributed by atoms with Gasteiger partial charge < -0.3 is 14.2 Å². The van der Waals surface area contributed by atoms with Gasteiger partial charge in [-0.25, -0.2) is 14.6 Å². The van der Waals surface area contributed by atoms with Crippen molar-refractivity contribution in [2.45, 2.75) is 6.92 Å². The molecule has 0 radical (unpaired) electrons. The number of rotatable bonds is 7. The quantitative estimate of drug-likeness (QED) is 0.285. The number of nitrogens with zero attached hydrogens (tertiary/aromatic N) is 2. The maximum Gasteiger partial charge on any atom is 0.363 e. The highest BCUT2D eigenvalue weighted by Crippen LogP contribution is 2.27. The molecule has 0 saturated carbocycles. The summed E-state index contributed by atoms with van der Waals surface area (Å²) in [4.78, 5) is 38.1. The van der Waals surface area contributed by atoms with Crippen LogP contribution >= 0.6 is 11.6 Å². The molecular weight excluding hydrogens is 416 g/mol. The highest BCUT2D eigenvalue weighted by atomic mass is 35.5. The summed E-state index contributed by atoms with van der Waals surface area (Å²) in [5.74, 6) is -0.960. The first-order valence-electron chi connectivity index (χ1n) is 8.72. The van der Waals surface area contributed by atoms with Crippen molar-refractivity contribution in [2.75, 3.05) is 13.2 Å². The second-order valence-electron chi connectivity index (χ2n) is 5.92. The number of ether oxygens (including phenoxy) is 3. The van der Waals surface area contributed by atoms with Crippen LogP contribution in [-0.4, -0.2) is 36.0 Å². The molecule has 9 nitrogen and oxygen atoms in total. The lowest BCUT2D eigenvalue weighted by Crippen LogP contribution is -2.14. The van der Waals surface area contributed by atoms with Crippen molar-refractivity contribution in [1.29, 1.82) is 0 Å². The number of carbonyl (C=O) groups excluding carboxylic acids is 2. The number of hydrogen-bond donors (Lipinski definition) is 0. The first-order chi connectivity index (χ1) is 14.4. The van der Waals surface area contributed by atoms with Gasteiger partial charge >= 0.3 is 11.9 Å². The molecular formula is C20H15ClN2O7. The monoisotopic (exact) mass is 430 g/mol. The molecule has 0 fully saturated rings. The molecule has 3 rings (SSSR count). The topological polar surface area (TPSA) is 117 Å². The van der Waals surface area contributed by atoms with Gasteiger partial charge in [0.2, 0.25) is 5.90 Å². The third kappa shape index (κ3) is 5.00. The van der Waals surface area contributed by atoms with E-state index in [1.54, 1.807) is 31.2 Å². The van der Waals surface area contributed by atoms with Gasteiger partial charge in [-0.3, -0.25) is 10.1 Å². The summed E-state index contributed by atoms with van der Waals surface area (Å²) in [6.45, 7) is 1.70. The van der Waals surface area contributed by atoms with E-state index in [2.05, 4.69) is 4.99 Å². The second-order valence-corrected chi connectivity index (χ2v) is 6.33. The van der Waals surface area contributed by atoms with E-state index in [4.69, 9.17) is 25.8 Å².